The molecule has 1 aliphatic rings. The van der Waals surface area contributed by atoms with Gasteiger partial charge in [-0.2, -0.15) is 0 Å². The number of nitrogens with one attached hydrogen (secondary N) is 1. The molecule has 1 rings (SSSR count). The zero-order valence-corrected chi connectivity index (χ0v) is 9.70. The summed E-state index contributed by atoms with van der Waals surface area (Å²) in [5, 5.41) is 2.78. The SMILES string of the molecule is C=C(C)COCCNC(=O)C1COCC1N. The van der Waals surface area contributed by atoms with Crippen LogP contribution in [0.1, 0.15) is 6.92 Å². The second-order valence-electron chi connectivity index (χ2n) is 4.11. The maximum absolute atomic E-state index is 11.6. The van der Waals surface area contributed by atoms with Gasteiger partial charge in [-0.1, -0.05) is 12.2 Å². The number of hydrogen-bond donors (Lipinski definition) is 2. The predicted molar refractivity (Wildman–Crippen MR) is 60.9 cm³/mol. The number of carbonyl (C=O) groups excluding carboxylic acids is 1. The molecule has 0 spiro atoms. The first-order valence-corrected chi connectivity index (χ1v) is 5.44. The molecule has 1 fully saturated rings. The van der Waals surface area contributed by atoms with E-state index in [0.717, 1.165) is 5.57 Å². The molecule has 0 saturated carbocycles. The minimum absolute atomic E-state index is 0.0519. The fraction of sp³-hybridized carbons (Fsp3) is 0.727. The van der Waals surface area contributed by atoms with E-state index >= 15 is 0 Å². The van der Waals surface area contributed by atoms with Crippen LogP contribution < -0.4 is 11.1 Å². The number of carbonyl (C=O) groups is 1. The standard InChI is InChI=1S/C11H20N2O3/c1-8(2)5-15-4-3-13-11(14)9-6-16-7-10(9)12/h9-10H,1,3-7,12H2,2H3,(H,13,14). The Morgan fingerprint density at radius 2 is 2.38 bits per heavy atom. The Balaban J connectivity index is 2.08. The van der Waals surface area contributed by atoms with Crippen molar-refractivity contribution < 1.29 is 14.3 Å². The Morgan fingerprint density at radius 3 is 2.94 bits per heavy atom. The zero-order chi connectivity index (χ0) is 12.0. The first kappa shape index (κ1) is 13.2. The van der Waals surface area contributed by atoms with E-state index in [1.54, 1.807) is 0 Å². The molecule has 1 aliphatic heterocycles. The van der Waals surface area contributed by atoms with Crippen LogP contribution in [-0.2, 0) is 14.3 Å². The number of ether oxygens (including phenoxy) is 2. The topological polar surface area (TPSA) is 73.6 Å². The maximum atomic E-state index is 11.6. The molecule has 2 unspecified atom stereocenters. The quantitative estimate of drug-likeness (QED) is 0.482. The van der Waals surface area contributed by atoms with Crippen LogP contribution in [0.5, 0.6) is 0 Å². The van der Waals surface area contributed by atoms with Crippen molar-refractivity contribution in [2.24, 2.45) is 11.7 Å². The van der Waals surface area contributed by atoms with Crippen molar-refractivity contribution in [2.45, 2.75) is 13.0 Å². The first-order valence-electron chi connectivity index (χ1n) is 5.44. The molecule has 1 heterocycles. The van der Waals surface area contributed by atoms with E-state index in [4.69, 9.17) is 15.2 Å². The van der Waals surface area contributed by atoms with E-state index in [9.17, 15) is 4.79 Å². The molecule has 2 atom stereocenters. The molecule has 1 amide bonds. The Kier molecular flexibility index (Phi) is 5.45. The van der Waals surface area contributed by atoms with Crippen LogP contribution >= 0.6 is 0 Å². The van der Waals surface area contributed by atoms with Gasteiger partial charge in [-0.05, 0) is 6.92 Å². The summed E-state index contributed by atoms with van der Waals surface area (Å²) in [6, 6.07) is -0.184. The van der Waals surface area contributed by atoms with Crippen LogP contribution in [0, 0.1) is 5.92 Å². The molecule has 16 heavy (non-hydrogen) atoms. The molecule has 1 saturated heterocycles. The number of hydrogen-bond acceptors (Lipinski definition) is 4. The molecule has 0 aromatic heterocycles. The summed E-state index contributed by atoms with van der Waals surface area (Å²) in [4.78, 5) is 11.6. The van der Waals surface area contributed by atoms with Crippen molar-refractivity contribution in [3.8, 4) is 0 Å². The van der Waals surface area contributed by atoms with Crippen molar-refractivity contribution in [3.05, 3.63) is 12.2 Å². The number of rotatable bonds is 6. The summed E-state index contributed by atoms with van der Waals surface area (Å²) in [5.41, 5.74) is 6.69. The van der Waals surface area contributed by atoms with Gasteiger partial charge in [0.2, 0.25) is 5.91 Å². The van der Waals surface area contributed by atoms with Crippen molar-refractivity contribution in [3.63, 3.8) is 0 Å². The highest BCUT2D eigenvalue weighted by atomic mass is 16.5. The van der Waals surface area contributed by atoms with Gasteiger partial charge >= 0.3 is 0 Å². The first-order chi connectivity index (χ1) is 7.61. The molecular weight excluding hydrogens is 208 g/mol. The Hall–Kier alpha value is -0.910. The van der Waals surface area contributed by atoms with Gasteiger partial charge in [-0.15, -0.1) is 0 Å². The highest BCUT2D eigenvalue weighted by Crippen LogP contribution is 2.11. The summed E-state index contributed by atoms with van der Waals surface area (Å²) < 4.78 is 10.4. The fourth-order valence-corrected chi connectivity index (χ4v) is 1.46. The van der Waals surface area contributed by atoms with Gasteiger partial charge in [0.25, 0.3) is 0 Å². The number of amides is 1. The lowest BCUT2D eigenvalue weighted by molar-refractivity contribution is -0.125. The van der Waals surface area contributed by atoms with Gasteiger partial charge in [0.1, 0.15) is 0 Å². The lowest BCUT2D eigenvalue weighted by Gasteiger charge is -2.13. The van der Waals surface area contributed by atoms with E-state index in [-0.39, 0.29) is 17.9 Å². The summed E-state index contributed by atoms with van der Waals surface area (Å²) in [6.07, 6.45) is 0. The summed E-state index contributed by atoms with van der Waals surface area (Å²) in [6.45, 7) is 8.00. The summed E-state index contributed by atoms with van der Waals surface area (Å²) in [7, 11) is 0. The highest BCUT2D eigenvalue weighted by Gasteiger charge is 2.30. The van der Waals surface area contributed by atoms with E-state index < -0.39 is 0 Å². The maximum Gasteiger partial charge on any atom is 0.227 e. The highest BCUT2D eigenvalue weighted by molar-refractivity contribution is 5.79. The predicted octanol–water partition coefficient (Wildman–Crippen LogP) is -0.331. The van der Waals surface area contributed by atoms with Gasteiger partial charge in [-0.3, -0.25) is 4.79 Å². The van der Waals surface area contributed by atoms with E-state index in [0.29, 0.717) is 33.0 Å². The average molecular weight is 228 g/mol. The summed E-state index contributed by atoms with van der Waals surface area (Å²) in [5.74, 6) is -0.273. The Bertz CT molecular complexity index is 256. The smallest absolute Gasteiger partial charge is 0.227 e. The average Bonchev–Trinajstić information content (AvgIpc) is 2.63. The molecule has 5 heteroatoms. The van der Waals surface area contributed by atoms with Crippen molar-refractivity contribution >= 4 is 5.91 Å². The van der Waals surface area contributed by atoms with Gasteiger partial charge in [0.15, 0.2) is 0 Å². The zero-order valence-electron chi connectivity index (χ0n) is 9.70. The monoisotopic (exact) mass is 228 g/mol. The van der Waals surface area contributed by atoms with Crippen LogP contribution in [-0.4, -0.2) is 44.9 Å². The van der Waals surface area contributed by atoms with Gasteiger partial charge in [0.05, 0.1) is 32.3 Å². The van der Waals surface area contributed by atoms with Crippen LogP contribution in [0.25, 0.3) is 0 Å². The minimum atomic E-state index is -0.221. The van der Waals surface area contributed by atoms with Crippen LogP contribution in [0.15, 0.2) is 12.2 Å². The second-order valence-corrected chi connectivity index (χ2v) is 4.11. The molecule has 0 aromatic rings. The Labute approximate surface area is 96.0 Å². The molecule has 0 aliphatic carbocycles. The molecule has 5 nitrogen and oxygen atoms in total. The molecule has 3 N–H and O–H groups in total. The third-order valence-corrected chi connectivity index (χ3v) is 2.36. The van der Waals surface area contributed by atoms with Crippen molar-refractivity contribution in [1.29, 1.82) is 0 Å². The molecule has 0 radical (unpaired) electrons. The third-order valence-electron chi connectivity index (χ3n) is 2.36. The third kappa shape index (κ3) is 4.30. The fourth-order valence-electron chi connectivity index (χ4n) is 1.46. The summed E-state index contributed by atoms with van der Waals surface area (Å²) >= 11 is 0. The lowest BCUT2D eigenvalue weighted by atomic mass is 10.0. The second kappa shape index (κ2) is 6.62. The Morgan fingerprint density at radius 1 is 1.62 bits per heavy atom. The van der Waals surface area contributed by atoms with E-state index in [1.807, 2.05) is 6.92 Å². The van der Waals surface area contributed by atoms with Crippen LogP contribution in [0.2, 0.25) is 0 Å². The van der Waals surface area contributed by atoms with E-state index in [2.05, 4.69) is 11.9 Å². The minimum Gasteiger partial charge on any atom is -0.379 e. The van der Waals surface area contributed by atoms with E-state index in [1.165, 1.54) is 0 Å². The molecule has 0 aromatic carbocycles. The largest absolute Gasteiger partial charge is 0.379 e. The lowest BCUT2D eigenvalue weighted by Crippen LogP contribution is -2.42. The number of nitrogens with two attached hydrogens (primary N) is 1. The van der Waals surface area contributed by atoms with Crippen molar-refractivity contribution in [2.75, 3.05) is 33.0 Å². The van der Waals surface area contributed by atoms with Crippen molar-refractivity contribution in [1.82, 2.24) is 5.32 Å². The van der Waals surface area contributed by atoms with Gasteiger partial charge in [0, 0.05) is 12.6 Å². The molecular formula is C11H20N2O3. The van der Waals surface area contributed by atoms with Crippen LogP contribution in [0.4, 0.5) is 0 Å². The van der Waals surface area contributed by atoms with Gasteiger partial charge < -0.3 is 20.5 Å². The normalized spacial score (nSPS) is 24.4. The van der Waals surface area contributed by atoms with Gasteiger partial charge in [-0.25, -0.2) is 0 Å². The van der Waals surface area contributed by atoms with Crippen LogP contribution in [0.3, 0.4) is 0 Å². The molecule has 92 valence electrons. The molecule has 0 bridgehead atoms.